The first-order valence-corrected chi connectivity index (χ1v) is 12.4. The fourth-order valence-electron chi connectivity index (χ4n) is 3.81. The molecule has 2 amide bonds. The fraction of sp³-hybridized carbons (Fsp3) is 0.200. The zero-order valence-corrected chi connectivity index (χ0v) is 19.6. The lowest BCUT2D eigenvalue weighted by atomic mass is 10.1. The topological polar surface area (TPSA) is 139 Å². The standard InChI is InChI=1S/C25H25N3O6S/c26-24(30)20-8-1-2-9-23(20)34-16-17-6-5-7-18(14-17)25(31)27-21-15-19(10-11-22(21)29)35(32,33)28-12-3-4-13-28/h1-2,5-11,14-15,29H,3-4,12-13,16H2,(H2,26,30)(H,27,31). The van der Waals surface area contributed by atoms with Gasteiger partial charge >= 0.3 is 0 Å². The molecule has 0 aromatic heterocycles. The summed E-state index contributed by atoms with van der Waals surface area (Å²) in [4.78, 5) is 24.4. The highest BCUT2D eigenvalue weighted by atomic mass is 32.2. The predicted octanol–water partition coefficient (Wildman–Crippen LogP) is 3.11. The van der Waals surface area contributed by atoms with Gasteiger partial charge in [-0.25, -0.2) is 8.42 Å². The van der Waals surface area contributed by atoms with Crippen LogP contribution in [0.5, 0.6) is 11.5 Å². The second-order valence-corrected chi connectivity index (χ2v) is 10.0. The zero-order chi connectivity index (χ0) is 25.0. The Kier molecular flexibility index (Phi) is 7.04. The van der Waals surface area contributed by atoms with Gasteiger partial charge in [0.1, 0.15) is 18.1 Å². The van der Waals surface area contributed by atoms with E-state index in [9.17, 15) is 23.1 Å². The van der Waals surface area contributed by atoms with Crippen LogP contribution >= 0.6 is 0 Å². The van der Waals surface area contributed by atoms with E-state index in [1.165, 1.54) is 22.5 Å². The van der Waals surface area contributed by atoms with Crippen LogP contribution < -0.4 is 15.8 Å². The van der Waals surface area contributed by atoms with Crippen LogP contribution in [-0.2, 0) is 16.6 Å². The number of para-hydroxylation sites is 1. The van der Waals surface area contributed by atoms with E-state index < -0.39 is 21.8 Å². The molecule has 0 aliphatic carbocycles. The van der Waals surface area contributed by atoms with E-state index in [4.69, 9.17) is 10.5 Å². The summed E-state index contributed by atoms with van der Waals surface area (Å²) >= 11 is 0. The maximum Gasteiger partial charge on any atom is 0.255 e. The number of rotatable bonds is 8. The predicted molar refractivity (Wildman–Crippen MR) is 130 cm³/mol. The van der Waals surface area contributed by atoms with E-state index in [0.29, 0.717) is 24.4 Å². The van der Waals surface area contributed by atoms with Crippen molar-refractivity contribution in [1.29, 1.82) is 0 Å². The summed E-state index contributed by atoms with van der Waals surface area (Å²) in [5.41, 5.74) is 6.55. The molecule has 1 fully saturated rings. The molecule has 0 spiro atoms. The van der Waals surface area contributed by atoms with Crippen LogP contribution in [0.2, 0.25) is 0 Å². The SMILES string of the molecule is NC(=O)c1ccccc1OCc1cccc(C(=O)Nc2cc(S(=O)(=O)N3CCCC3)ccc2O)c1. The molecule has 9 nitrogen and oxygen atoms in total. The summed E-state index contributed by atoms with van der Waals surface area (Å²) in [5, 5.41) is 12.8. The molecule has 182 valence electrons. The second kappa shape index (κ2) is 10.2. The van der Waals surface area contributed by atoms with Crippen molar-refractivity contribution in [3.8, 4) is 11.5 Å². The molecular weight excluding hydrogens is 470 g/mol. The van der Waals surface area contributed by atoms with Crippen LogP contribution in [0.25, 0.3) is 0 Å². The zero-order valence-electron chi connectivity index (χ0n) is 18.8. The molecule has 1 aliphatic heterocycles. The summed E-state index contributed by atoms with van der Waals surface area (Å²) in [6.07, 6.45) is 1.60. The number of anilines is 1. The van der Waals surface area contributed by atoms with Crippen LogP contribution in [-0.4, -0.2) is 42.7 Å². The molecule has 0 saturated carbocycles. The Bertz CT molecular complexity index is 1370. The van der Waals surface area contributed by atoms with E-state index in [2.05, 4.69) is 5.32 Å². The molecule has 0 unspecified atom stereocenters. The normalized spacial score (nSPS) is 13.9. The highest BCUT2D eigenvalue weighted by Crippen LogP contribution is 2.30. The Labute approximate surface area is 203 Å². The van der Waals surface area contributed by atoms with Gasteiger partial charge in [0.2, 0.25) is 10.0 Å². The van der Waals surface area contributed by atoms with Crippen LogP contribution in [0, 0.1) is 0 Å². The summed E-state index contributed by atoms with van der Waals surface area (Å²) in [7, 11) is -3.71. The first-order chi connectivity index (χ1) is 16.8. The molecule has 4 N–H and O–H groups in total. The maximum atomic E-state index is 12.9. The van der Waals surface area contributed by atoms with Crippen molar-refractivity contribution in [2.75, 3.05) is 18.4 Å². The number of sulfonamides is 1. The summed E-state index contributed by atoms with van der Waals surface area (Å²) < 4.78 is 32.8. The molecule has 35 heavy (non-hydrogen) atoms. The van der Waals surface area contributed by atoms with Crippen molar-refractivity contribution < 1.29 is 27.9 Å². The monoisotopic (exact) mass is 495 g/mol. The molecule has 1 heterocycles. The minimum atomic E-state index is -3.71. The van der Waals surface area contributed by atoms with E-state index in [0.717, 1.165) is 12.8 Å². The third kappa shape index (κ3) is 5.44. The number of benzene rings is 3. The quantitative estimate of drug-likeness (QED) is 0.411. The number of hydrogen-bond acceptors (Lipinski definition) is 6. The van der Waals surface area contributed by atoms with Gasteiger partial charge in [0, 0.05) is 18.7 Å². The number of ether oxygens (including phenoxy) is 1. The number of nitrogens with two attached hydrogens (primary N) is 1. The number of hydrogen-bond donors (Lipinski definition) is 3. The Hall–Kier alpha value is -3.89. The number of amides is 2. The average Bonchev–Trinajstić information content (AvgIpc) is 3.40. The Balaban J connectivity index is 1.49. The minimum absolute atomic E-state index is 0.00256. The number of nitrogens with one attached hydrogen (secondary N) is 1. The lowest BCUT2D eigenvalue weighted by Crippen LogP contribution is -2.28. The number of primary amides is 1. The van der Waals surface area contributed by atoms with Crippen LogP contribution in [0.4, 0.5) is 5.69 Å². The summed E-state index contributed by atoms with van der Waals surface area (Å²) in [5.74, 6) is -1.06. The third-order valence-corrected chi connectivity index (χ3v) is 7.55. The Morgan fingerprint density at radius 2 is 1.74 bits per heavy atom. The highest BCUT2D eigenvalue weighted by Gasteiger charge is 2.28. The molecule has 4 rings (SSSR count). The van der Waals surface area contributed by atoms with Gasteiger partial charge in [0.05, 0.1) is 16.1 Å². The van der Waals surface area contributed by atoms with E-state index in [1.54, 1.807) is 48.5 Å². The van der Waals surface area contributed by atoms with Gasteiger partial charge in [-0.3, -0.25) is 9.59 Å². The van der Waals surface area contributed by atoms with Crippen molar-refractivity contribution >= 4 is 27.5 Å². The third-order valence-electron chi connectivity index (χ3n) is 5.66. The van der Waals surface area contributed by atoms with Crippen molar-refractivity contribution in [3.05, 3.63) is 83.4 Å². The van der Waals surface area contributed by atoms with Crippen LogP contribution in [0.15, 0.2) is 71.6 Å². The van der Waals surface area contributed by atoms with Gasteiger partial charge in [0.25, 0.3) is 11.8 Å². The number of nitrogens with zero attached hydrogens (tertiary/aromatic N) is 1. The Morgan fingerprint density at radius 1 is 1.00 bits per heavy atom. The lowest BCUT2D eigenvalue weighted by molar-refractivity contribution is 0.0994. The molecule has 0 atom stereocenters. The van der Waals surface area contributed by atoms with Crippen molar-refractivity contribution in [2.24, 2.45) is 5.73 Å². The largest absolute Gasteiger partial charge is 0.506 e. The smallest absolute Gasteiger partial charge is 0.255 e. The summed E-state index contributed by atoms with van der Waals surface area (Å²) in [6, 6.07) is 17.0. The van der Waals surface area contributed by atoms with E-state index >= 15 is 0 Å². The molecular formula is C25H25N3O6S. The van der Waals surface area contributed by atoms with Crippen molar-refractivity contribution in [2.45, 2.75) is 24.3 Å². The second-order valence-electron chi connectivity index (χ2n) is 8.09. The van der Waals surface area contributed by atoms with E-state index in [1.807, 2.05) is 0 Å². The van der Waals surface area contributed by atoms with Gasteiger partial charge in [-0.2, -0.15) is 4.31 Å². The van der Waals surface area contributed by atoms with Crippen molar-refractivity contribution in [3.63, 3.8) is 0 Å². The number of carbonyl (C=O) groups excluding carboxylic acids is 2. The average molecular weight is 496 g/mol. The minimum Gasteiger partial charge on any atom is -0.506 e. The fourth-order valence-corrected chi connectivity index (χ4v) is 5.35. The molecule has 10 heteroatoms. The molecule has 0 radical (unpaired) electrons. The van der Waals surface area contributed by atoms with Crippen LogP contribution in [0.1, 0.15) is 39.1 Å². The number of phenolic OH excluding ortho intramolecular Hbond substituents is 1. The molecule has 1 aliphatic rings. The number of aromatic hydroxyl groups is 1. The molecule has 1 saturated heterocycles. The maximum absolute atomic E-state index is 12.9. The van der Waals surface area contributed by atoms with E-state index in [-0.39, 0.29) is 34.1 Å². The summed E-state index contributed by atoms with van der Waals surface area (Å²) in [6.45, 7) is 0.980. The number of carbonyl (C=O) groups is 2. The van der Waals surface area contributed by atoms with Gasteiger partial charge in [-0.1, -0.05) is 24.3 Å². The highest BCUT2D eigenvalue weighted by molar-refractivity contribution is 7.89. The van der Waals surface area contributed by atoms with Gasteiger partial charge in [-0.15, -0.1) is 0 Å². The number of phenols is 1. The van der Waals surface area contributed by atoms with Gasteiger partial charge < -0.3 is 20.9 Å². The first-order valence-electron chi connectivity index (χ1n) is 11.0. The Morgan fingerprint density at radius 3 is 2.49 bits per heavy atom. The molecule has 0 bridgehead atoms. The first kappa shape index (κ1) is 24.2. The van der Waals surface area contributed by atoms with Gasteiger partial charge in [0.15, 0.2) is 0 Å². The molecule has 3 aromatic carbocycles. The van der Waals surface area contributed by atoms with Gasteiger partial charge in [-0.05, 0) is 60.9 Å². The van der Waals surface area contributed by atoms with Crippen molar-refractivity contribution in [1.82, 2.24) is 4.31 Å². The lowest BCUT2D eigenvalue weighted by Gasteiger charge is -2.17. The molecule has 3 aromatic rings. The van der Waals surface area contributed by atoms with Crippen LogP contribution in [0.3, 0.4) is 0 Å².